The van der Waals surface area contributed by atoms with Crippen LogP contribution in [0.1, 0.15) is 16.1 Å². The number of amides is 1. The van der Waals surface area contributed by atoms with E-state index in [1.165, 1.54) is 0 Å². The summed E-state index contributed by atoms with van der Waals surface area (Å²) < 4.78 is 54.4. The molecule has 2 aliphatic heterocycles. The number of rotatable bonds is 4. The second-order valence-corrected chi connectivity index (χ2v) is 9.38. The summed E-state index contributed by atoms with van der Waals surface area (Å²) in [4.78, 5) is 20.6. The van der Waals surface area contributed by atoms with Crippen LogP contribution in [0.15, 0.2) is 54.6 Å². The Bertz CT molecular complexity index is 1590. The van der Waals surface area contributed by atoms with E-state index < -0.39 is 17.5 Å². The first-order valence-electron chi connectivity index (χ1n) is 12.6. The lowest BCUT2D eigenvalue weighted by molar-refractivity contribution is 0.0942. The second-order valence-electron chi connectivity index (χ2n) is 9.38. The molecule has 1 amide bonds. The van der Waals surface area contributed by atoms with E-state index in [9.17, 15) is 18.0 Å². The largest absolute Gasteiger partial charge is 0.489 e. The second kappa shape index (κ2) is 10.1. The molecule has 0 bridgehead atoms. The van der Waals surface area contributed by atoms with Crippen LogP contribution in [-0.2, 0) is 4.74 Å². The molecular formula is C29H25F3N4O3. The number of aromatic nitrogens is 1. The van der Waals surface area contributed by atoms with Crippen LogP contribution in [0.3, 0.4) is 0 Å². The number of para-hydroxylation sites is 3. The van der Waals surface area contributed by atoms with Gasteiger partial charge < -0.3 is 14.4 Å². The van der Waals surface area contributed by atoms with Gasteiger partial charge in [-0.25, -0.2) is 13.2 Å². The van der Waals surface area contributed by atoms with Crippen LogP contribution in [0.5, 0.6) is 5.75 Å². The van der Waals surface area contributed by atoms with Gasteiger partial charge in [0.25, 0.3) is 5.91 Å². The smallest absolute Gasteiger partial charge is 0.273 e. The summed E-state index contributed by atoms with van der Waals surface area (Å²) in [6.45, 7) is 4.52. The summed E-state index contributed by atoms with van der Waals surface area (Å²) in [5.41, 5.74) is 5.44. The number of carbonyl (C=O) groups is 1. The Morgan fingerprint density at radius 1 is 0.949 bits per heavy atom. The third-order valence-electron chi connectivity index (χ3n) is 6.97. The quantitative estimate of drug-likeness (QED) is 0.372. The fourth-order valence-electron chi connectivity index (χ4n) is 5.21. The van der Waals surface area contributed by atoms with E-state index in [0.717, 1.165) is 11.8 Å². The maximum Gasteiger partial charge on any atom is 0.273 e. The fourth-order valence-corrected chi connectivity index (χ4v) is 5.21. The zero-order valence-electron chi connectivity index (χ0n) is 21.1. The van der Waals surface area contributed by atoms with Crippen molar-refractivity contribution in [3.05, 3.63) is 83.3 Å². The molecule has 3 aromatic carbocycles. The molecule has 0 aliphatic carbocycles. The minimum absolute atomic E-state index is 0.232. The number of ether oxygens (including phenoxy) is 2. The molecule has 1 saturated heterocycles. The number of morpholine rings is 1. The Kier molecular flexibility index (Phi) is 6.48. The van der Waals surface area contributed by atoms with Crippen molar-refractivity contribution in [2.45, 2.75) is 6.92 Å². The molecule has 0 unspecified atom stereocenters. The molecule has 3 heterocycles. The topological polar surface area (TPSA) is 66.9 Å². The molecule has 7 nitrogen and oxygen atoms in total. The van der Waals surface area contributed by atoms with E-state index in [0.29, 0.717) is 79.1 Å². The van der Waals surface area contributed by atoms with Crippen molar-refractivity contribution in [3.63, 3.8) is 0 Å². The van der Waals surface area contributed by atoms with Gasteiger partial charge in [-0.3, -0.25) is 20.2 Å². The third-order valence-corrected chi connectivity index (χ3v) is 6.97. The molecule has 1 fully saturated rings. The Morgan fingerprint density at radius 3 is 2.56 bits per heavy atom. The van der Waals surface area contributed by atoms with Crippen molar-refractivity contribution in [2.24, 2.45) is 0 Å². The third kappa shape index (κ3) is 4.50. The van der Waals surface area contributed by atoms with Crippen LogP contribution in [0, 0.1) is 24.4 Å². The van der Waals surface area contributed by atoms with E-state index in [1.54, 1.807) is 30.1 Å². The summed E-state index contributed by atoms with van der Waals surface area (Å²) in [7, 11) is 0. The van der Waals surface area contributed by atoms with Crippen LogP contribution in [0.4, 0.5) is 24.5 Å². The van der Waals surface area contributed by atoms with E-state index in [-0.39, 0.29) is 17.0 Å². The minimum Gasteiger partial charge on any atom is -0.489 e. The predicted molar refractivity (Wildman–Crippen MR) is 142 cm³/mol. The molecule has 39 heavy (non-hydrogen) atoms. The molecule has 10 heteroatoms. The molecular weight excluding hydrogens is 509 g/mol. The molecule has 2 aliphatic rings. The van der Waals surface area contributed by atoms with Gasteiger partial charge in [-0.05, 0) is 25.1 Å². The zero-order chi connectivity index (χ0) is 27.1. The van der Waals surface area contributed by atoms with Gasteiger partial charge in [-0.2, -0.15) is 0 Å². The van der Waals surface area contributed by atoms with Gasteiger partial charge >= 0.3 is 0 Å². The number of hydrogen-bond acceptors (Lipinski definition) is 6. The molecule has 200 valence electrons. The number of nitrogens with zero attached hydrogens (tertiary/aromatic N) is 3. The first-order valence-corrected chi connectivity index (χ1v) is 12.6. The summed E-state index contributed by atoms with van der Waals surface area (Å²) in [6, 6.07) is 13.9. The molecule has 0 spiro atoms. The van der Waals surface area contributed by atoms with Crippen LogP contribution in [0.25, 0.3) is 22.0 Å². The predicted octanol–water partition coefficient (Wildman–Crippen LogP) is 5.01. The maximum atomic E-state index is 14.9. The minimum atomic E-state index is -1.28. The van der Waals surface area contributed by atoms with Crippen molar-refractivity contribution >= 4 is 28.2 Å². The van der Waals surface area contributed by atoms with Gasteiger partial charge in [0.1, 0.15) is 18.2 Å². The lowest BCUT2D eigenvalue weighted by atomic mass is 9.97. The molecule has 1 N–H and O–H groups in total. The molecule has 0 radical (unpaired) electrons. The van der Waals surface area contributed by atoms with E-state index in [4.69, 9.17) is 14.5 Å². The highest BCUT2D eigenvalue weighted by atomic mass is 19.2. The summed E-state index contributed by atoms with van der Waals surface area (Å²) in [6.07, 6.45) is 0. The lowest BCUT2D eigenvalue weighted by Gasteiger charge is -2.34. The number of anilines is 2. The number of hydrazine groups is 1. The van der Waals surface area contributed by atoms with Gasteiger partial charge in [-0.15, -0.1) is 0 Å². The average molecular weight is 535 g/mol. The van der Waals surface area contributed by atoms with Gasteiger partial charge in [0.05, 0.1) is 47.9 Å². The van der Waals surface area contributed by atoms with Crippen LogP contribution >= 0.6 is 0 Å². The number of halogens is 3. The van der Waals surface area contributed by atoms with Crippen molar-refractivity contribution in [3.8, 4) is 16.9 Å². The maximum absolute atomic E-state index is 14.9. The highest BCUT2D eigenvalue weighted by Crippen LogP contribution is 2.39. The Labute approximate surface area is 222 Å². The van der Waals surface area contributed by atoms with Crippen molar-refractivity contribution in [2.75, 3.05) is 49.4 Å². The zero-order valence-corrected chi connectivity index (χ0v) is 21.1. The highest BCUT2D eigenvalue weighted by molar-refractivity contribution is 6.11. The number of aryl methyl sites for hydroxylation is 1. The van der Waals surface area contributed by atoms with E-state index >= 15 is 0 Å². The first-order chi connectivity index (χ1) is 18.9. The molecule has 1 aromatic heterocycles. The van der Waals surface area contributed by atoms with E-state index in [2.05, 4.69) is 5.43 Å². The summed E-state index contributed by atoms with van der Waals surface area (Å²) >= 11 is 0. The summed E-state index contributed by atoms with van der Waals surface area (Å²) in [5, 5.41) is 2.31. The number of hydrogen-bond donors (Lipinski definition) is 1. The monoisotopic (exact) mass is 534 g/mol. The highest BCUT2D eigenvalue weighted by Gasteiger charge is 2.28. The molecule has 0 saturated carbocycles. The molecule has 4 aromatic rings. The Hall–Kier alpha value is -4.31. The van der Waals surface area contributed by atoms with Crippen molar-refractivity contribution < 1.29 is 27.4 Å². The Morgan fingerprint density at radius 2 is 1.74 bits per heavy atom. The van der Waals surface area contributed by atoms with Crippen LogP contribution in [0.2, 0.25) is 0 Å². The lowest BCUT2D eigenvalue weighted by Crippen LogP contribution is -2.47. The average Bonchev–Trinajstić information content (AvgIpc) is 2.94. The van der Waals surface area contributed by atoms with Crippen molar-refractivity contribution in [1.29, 1.82) is 0 Å². The normalized spacial score (nSPS) is 15.2. The summed E-state index contributed by atoms with van der Waals surface area (Å²) in [5.74, 6) is -3.04. The van der Waals surface area contributed by atoms with Gasteiger partial charge in [0.2, 0.25) is 0 Å². The van der Waals surface area contributed by atoms with Gasteiger partial charge in [-0.1, -0.05) is 30.3 Å². The Balaban J connectivity index is 1.51. The van der Waals surface area contributed by atoms with Crippen LogP contribution in [-0.4, -0.2) is 50.3 Å². The van der Waals surface area contributed by atoms with E-state index in [1.807, 2.05) is 29.2 Å². The van der Waals surface area contributed by atoms with Gasteiger partial charge in [0.15, 0.2) is 11.6 Å². The molecule has 6 rings (SSSR count). The molecule has 0 atom stereocenters. The fraction of sp³-hybridized carbons (Fsp3) is 0.241. The first kappa shape index (κ1) is 25.0. The number of fused-ring (bicyclic) bond motifs is 2. The SMILES string of the molecule is Cc1nc2c(-c3cc(F)cc(F)c3F)cccc2c(N2CCOCC2)c1C(=O)NN1CCOc2ccccc21. The van der Waals surface area contributed by atoms with Gasteiger partial charge in [0, 0.05) is 35.7 Å². The number of pyridine rings is 1. The number of nitrogens with one attached hydrogen (secondary N) is 1. The standard InChI is InChI=1S/C29H25F3N4O3/c1-17-25(29(37)34-36-11-14-39-24-8-3-2-7-23(24)36)28(35-9-12-38-13-10-35)20-6-4-5-19(27(20)33-17)21-15-18(30)16-22(31)26(21)32/h2-8,15-16H,9-14H2,1H3,(H,34,37). The van der Waals surface area contributed by atoms with Crippen LogP contribution < -0.4 is 20.1 Å². The van der Waals surface area contributed by atoms with Crippen molar-refractivity contribution in [1.82, 2.24) is 10.4 Å². The number of carbonyl (C=O) groups excluding carboxylic acids is 1. The number of benzene rings is 3.